The summed E-state index contributed by atoms with van der Waals surface area (Å²) in [5.41, 5.74) is 3.09. The Hall–Kier alpha value is -3.12. The van der Waals surface area contributed by atoms with Crippen molar-refractivity contribution < 1.29 is 9.53 Å². The first-order valence-corrected chi connectivity index (χ1v) is 12.3. The van der Waals surface area contributed by atoms with E-state index < -0.39 is 0 Å². The molecule has 0 bridgehead atoms. The number of hydrogen-bond donors (Lipinski definition) is 0. The van der Waals surface area contributed by atoms with Crippen molar-refractivity contribution in [3.8, 4) is 5.75 Å². The van der Waals surface area contributed by atoms with E-state index in [-0.39, 0.29) is 11.9 Å². The first kappa shape index (κ1) is 24.0. The lowest BCUT2D eigenvalue weighted by Crippen LogP contribution is -2.47. The Balaban J connectivity index is 1.41. The monoisotopic (exact) mass is 460 g/mol. The van der Waals surface area contributed by atoms with Gasteiger partial charge in [-0.25, -0.2) is 0 Å². The molecule has 180 valence electrons. The topological polar surface area (TPSA) is 50.6 Å². The average molecular weight is 461 g/mol. The van der Waals surface area contributed by atoms with Gasteiger partial charge in [0.25, 0.3) is 5.91 Å². The molecule has 0 aliphatic carbocycles. The van der Waals surface area contributed by atoms with Gasteiger partial charge in [-0.15, -0.1) is 0 Å². The number of carbonyl (C=O) groups is 1. The normalized spacial score (nSPS) is 15.7. The zero-order valence-corrected chi connectivity index (χ0v) is 20.6. The van der Waals surface area contributed by atoms with Crippen LogP contribution < -0.4 is 4.74 Å². The van der Waals surface area contributed by atoms with Gasteiger partial charge in [-0.05, 0) is 74.5 Å². The number of aryl methyl sites for hydroxylation is 1. The number of ether oxygens (including phenoxy) is 1. The predicted molar refractivity (Wildman–Crippen MR) is 135 cm³/mol. The van der Waals surface area contributed by atoms with Crippen LogP contribution in [-0.4, -0.2) is 58.3 Å². The number of hydrogen-bond acceptors (Lipinski definition) is 4. The van der Waals surface area contributed by atoms with Gasteiger partial charge in [-0.3, -0.25) is 14.4 Å². The molecular weight excluding hydrogens is 424 g/mol. The van der Waals surface area contributed by atoms with Crippen molar-refractivity contribution in [1.29, 1.82) is 0 Å². The summed E-state index contributed by atoms with van der Waals surface area (Å²) in [6.45, 7) is 5.72. The summed E-state index contributed by atoms with van der Waals surface area (Å²) in [6.07, 6.45) is 4.84. The molecule has 1 saturated heterocycles. The van der Waals surface area contributed by atoms with Crippen LogP contribution in [0.25, 0.3) is 0 Å². The van der Waals surface area contributed by atoms with Gasteiger partial charge in [0.05, 0.1) is 6.61 Å². The third kappa shape index (κ3) is 6.06. The molecule has 6 nitrogen and oxygen atoms in total. The van der Waals surface area contributed by atoms with E-state index in [9.17, 15) is 4.79 Å². The molecule has 1 aliphatic rings. The number of piperidine rings is 1. The number of nitrogens with zero attached hydrogens (tertiary/aromatic N) is 4. The van der Waals surface area contributed by atoms with Crippen LogP contribution in [0.1, 0.15) is 41.4 Å². The molecule has 1 atom stereocenters. The predicted octanol–water partition coefficient (Wildman–Crippen LogP) is 4.41. The second-order valence-electron chi connectivity index (χ2n) is 9.24. The van der Waals surface area contributed by atoms with E-state index in [0.29, 0.717) is 18.2 Å². The molecule has 6 heteroatoms. The fourth-order valence-electron chi connectivity index (χ4n) is 4.95. The Bertz CT molecular complexity index is 1040. The largest absolute Gasteiger partial charge is 0.494 e. The number of amides is 1. The van der Waals surface area contributed by atoms with Gasteiger partial charge < -0.3 is 9.64 Å². The Labute approximate surface area is 203 Å². The molecule has 0 N–H and O–H groups in total. The molecule has 0 saturated carbocycles. The molecule has 4 rings (SSSR count). The van der Waals surface area contributed by atoms with Crippen molar-refractivity contribution in [3.63, 3.8) is 0 Å². The molecule has 34 heavy (non-hydrogen) atoms. The summed E-state index contributed by atoms with van der Waals surface area (Å²) in [5, 5.41) is 4.35. The Morgan fingerprint density at radius 3 is 2.38 bits per heavy atom. The molecule has 2 heterocycles. The molecule has 3 aromatic rings. The lowest BCUT2D eigenvalue weighted by Gasteiger charge is -2.40. The molecular formula is C28H36N4O2. The van der Waals surface area contributed by atoms with Crippen LogP contribution in [0, 0.1) is 5.92 Å². The highest BCUT2D eigenvalue weighted by Gasteiger charge is 2.32. The first-order valence-electron chi connectivity index (χ1n) is 12.3. The number of rotatable bonds is 9. The number of aromatic nitrogens is 2. The van der Waals surface area contributed by atoms with E-state index in [2.05, 4.69) is 58.5 Å². The van der Waals surface area contributed by atoms with Crippen molar-refractivity contribution in [2.75, 3.05) is 26.7 Å². The Kier molecular flexibility index (Phi) is 8.01. The minimum Gasteiger partial charge on any atom is -0.494 e. The van der Waals surface area contributed by atoms with E-state index in [1.807, 2.05) is 38.2 Å². The molecule has 0 radical (unpaired) electrons. The molecule has 0 spiro atoms. The van der Waals surface area contributed by atoms with E-state index >= 15 is 0 Å². The van der Waals surface area contributed by atoms with E-state index in [4.69, 9.17) is 4.74 Å². The SMILES string of the molecule is CCOc1ccc(CN2CCC([C@@H](Cc3ccccc3)N(C)C(=O)c3ccn(C)n3)CC2)cc1. The highest BCUT2D eigenvalue weighted by atomic mass is 16.5. The van der Waals surface area contributed by atoms with Crippen LogP contribution in [-0.2, 0) is 20.0 Å². The minimum atomic E-state index is -0.00153. The maximum atomic E-state index is 13.2. The quantitative estimate of drug-likeness (QED) is 0.475. The van der Waals surface area contributed by atoms with Crippen molar-refractivity contribution in [1.82, 2.24) is 19.6 Å². The second-order valence-corrected chi connectivity index (χ2v) is 9.24. The van der Waals surface area contributed by atoms with Crippen molar-refractivity contribution in [3.05, 3.63) is 83.7 Å². The van der Waals surface area contributed by atoms with Crippen LogP contribution in [0.2, 0.25) is 0 Å². The average Bonchev–Trinajstić information content (AvgIpc) is 3.30. The van der Waals surface area contributed by atoms with E-state index in [1.54, 1.807) is 10.7 Å². The maximum absolute atomic E-state index is 13.2. The Morgan fingerprint density at radius 2 is 1.76 bits per heavy atom. The van der Waals surface area contributed by atoms with Crippen molar-refractivity contribution in [2.24, 2.45) is 13.0 Å². The summed E-state index contributed by atoms with van der Waals surface area (Å²) >= 11 is 0. The van der Waals surface area contributed by atoms with Crippen molar-refractivity contribution >= 4 is 5.91 Å². The number of likely N-dealkylation sites (N-methyl/N-ethyl adjacent to an activating group) is 1. The summed E-state index contributed by atoms with van der Waals surface area (Å²) in [4.78, 5) is 17.7. The number of carbonyl (C=O) groups excluding carboxylic acids is 1. The lowest BCUT2D eigenvalue weighted by atomic mass is 9.84. The minimum absolute atomic E-state index is 0.00153. The summed E-state index contributed by atoms with van der Waals surface area (Å²) in [6, 6.07) is 20.9. The van der Waals surface area contributed by atoms with Gasteiger partial charge in [0, 0.05) is 32.9 Å². The van der Waals surface area contributed by atoms with Crippen LogP contribution in [0.3, 0.4) is 0 Å². The zero-order chi connectivity index (χ0) is 23.9. The molecule has 0 unspecified atom stereocenters. The third-order valence-electron chi connectivity index (χ3n) is 6.86. The first-order chi connectivity index (χ1) is 16.5. The maximum Gasteiger partial charge on any atom is 0.274 e. The van der Waals surface area contributed by atoms with Gasteiger partial charge in [0.15, 0.2) is 0 Å². The second kappa shape index (κ2) is 11.3. The lowest BCUT2D eigenvalue weighted by molar-refractivity contribution is 0.0579. The molecule has 2 aromatic carbocycles. The summed E-state index contributed by atoms with van der Waals surface area (Å²) < 4.78 is 7.25. The van der Waals surface area contributed by atoms with E-state index in [0.717, 1.165) is 44.6 Å². The third-order valence-corrected chi connectivity index (χ3v) is 6.86. The number of benzene rings is 2. The van der Waals surface area contributed by atoms with Gasteiger partial charge in [0.1, 0.15) is 11.4 Å². The van der Waals surface area contributed by atoms with Crippen LogP contribution in [0.4, 0.5) is 0 Å². The highest BCUT2D eigenvalue weighted by molar-refractivity contribution is 5.92. The molecule has 1 amide bonds. The zero-order valence-electron chi connectivity index (χ0n) is 20.6. The van der Waals surface area contributed by atoms with Crippen LogP contribution in [0.5, 0.6) is 5.75 Å². The molecule has 1 aliphatic heterocycles. The van der Waals surface area contributed by atoms with Gasteiger partial charge in [0.2, 0.25) is 0 Å². The standard InChI is InChI=1S/C28H36N4O2/c1-4-34-25-12-10-23(11-13-25)21-32-18-14-24(15-19-32)27(20-22-8-6-5-7-9-22)31(3)28(33)26-16-17-30(2)29-26/h5-13,16-17,24,27H,4,14-15,18-21H2,1-3H3/t27-/m1/s1. The molecule has 1 fully saturated rings. The van der Waals surface area contributed by atoms with Gasteiger partial charge >= 0.3 is 0 Å². The fourth-order valence-corrected chi connectivity index (χ4v) is 4.95. The van der Waals surface area contributed by atoms with Crippen LogP contribution in [0.15, 0.2) is 66.9 Å². The van der Waals surface area contributed by atoms with Gasteiger partial charge in [-0.1, -0.05) is 42.5 Å². The van der Waals surface area contributed by atoms with E-state index in [1.165, 1.54) is 11.1 Å². The number of likely N-dealkylation sites (tertiary alicyclic amines) is 1. The van der Waals surface area contributed by atoms with Crippen LogP contribution >= 0.6 is 0 Å². The molecule has 1 aromatic heterocycles. The van der Waals surface area contributed by atoms with Gasteiger partial charge in [-0.2, -0.15) is 5.10 Å². The summed E-state index contributed by atoms with van der Waals surface area (Å²) in [7, 11) is 3.79. The van der Waals surface area contributed by atoms with Crippen molar-refractivity contribution in [2.45, 2.75) is 38.8 Å². The summed E-state index contributed by atoms with van der Waals surface area (Å²) in [5.74, 6) is 1.38. The fraction of sp³-hybridized carbons (Fsp3) is 0.429. The Morgan fingerprint density at radius 1 is 1.06 bits per heavy atom. The highest BCUT2D eigenvalue weighted by Crippen LogP contribution is 2.28. The smallest absolute Gasteiger partial charge is 0.274 e.